The van der Waals surface area contributed by atoms with Crippen LogP contribution < -0.4 is 15.4 Å². The van der Waals surface area contributed by atoms with Crippen molar-refractivity contribution in [3.8, 4) is 5.75 Å². The summed E-state index contributed by atoms with van der Waals surface area (Å²) < 4.78 is 10.9. The van der Waals surface area contributed by atoms with E-state index < -0.39 is 18.0 Å². The first-order valence-corrected chi connectivity index (χ1v) is 14.1. The van der Waals surface area contributed by atoms with Gasteiger partial charge in [0.2, 0.25) is 11.8 Å². The molecule has 220 valence electrons. The number of piperidine rings is 1. The van der Waals surface area contributed by atoms with Crippen LogP contribution in [0.25, 0.3) is 0 Å². The van der Waals surface area contributed by atoms with Crippen LogP contribution in [0.1, 0.15) is 36.8 Å². The second-order valence-electron chi connectivity index (χ2n) is 10.5. The highest BCUT2D eigenvalue weighted by Gasteiger charge is 2.42. The van der Waals surface area contributed by atoms with Gasteiger partial charge in [-0.1, -0.05) is 24.3 Å². The van der Waals surface area contributed by atoms with Crippen LogP contribution in [0.5, 0.6) is 5.75 Å². The predicted octanol–water partition coefficient (Wildman–Crippen LogP) is 3.68. The molecule has 0 saturated carbocycles. The third-order valence-electron chi connectivity index (χ3n) is 7.71. The van der Waals surface area contributed by atoms with Crippen LogP contribution in [-0.2, 0) is 25.3 Å². The van der Waals surface area contributed by atoms with Crippen LogP contribution in [-0.4, -0.2) is 77.6 Å². The number of ether oxygens (including phenoxy) is 1. The summed E-state index contributed by atoms with van der Waals surface area (Å²) >= 11 is 0. The lowest BCUT2D eigenvalue weighted by Crippen LogP contribution is -2.50. The number of amides is 4. The largest absolute Gasteiger partial charge is 0.495 e. The Morgan fingerprint density at radius 2 is 1.76 bits per heavy atom. The Balaban J connectivity index is 1.40. The molecule has 0 spiro atoms. The van der Waals surface area contributed by atoms with Crippen molar-refractivity contribution >= 4 is 44.7 Å². The average molecular weight is 585 g/mol. The van der Waals surface area contributed by atoms with E-state index in [-0.39, 0.29) is 36.7 Å². The van der Waals surface area contributed by atoms with Gasteiger partial charge in [0.1, 0.15) is 11.8 Å². The zero-order valence-corrected chi connectivity index (χ0v) is 24.5. The summed E-state index contributed by atoms with van der Waals surface area (Å²) in [5.41, 5.74) is 2.75. The van der Waals surface area contributed by atoms with Crippen LogP contribution in [0, 0.1) is 12.8 Å². The lowest BCUT2D eigenvalue weighted by Gasteiger charge is -2.35. The van der Waals surface area contributed by atoms with E-state index in [0.29, 0.717) is 61.6 Å². The molecule has 2 aromatic rings. The highest BCUT2D eigenvalue weighted by molar-refractivity contribution is 7.09. The summed E-state index contributed by atoms with van der Waals surface area (Å²) in [4.78, 5) is 53.8. The Morgan fingerprint density at radius 1 is 1.05 bits per heavy atom. The number of anilines is 2. The molecule has 2 fully saturated rings. The van der Waals surface area contributed by atoms with Crippen molar-refractivity contribution in [1.29, 1.82) is 0 Å². The zero-order chi connectivity index (χ0) is 29.5. The molecule has 12 heteroatoms. The van der Waals surface area contributed by atoms with E-state index >= 15 is 0 Å². The maximum absolute atomic E-state index is 13.5. The first-order chi connectivity index (χ1) is 19.7. The van der Waals surface area contributed by atoms with Crippen molar-refractivity contribution in [1.82, 2.24) is 9.80 Å². The van der Waals surface area contributed by atoms with Crippen molar-refractivity contribution < 1.29 is 33.5 Å². The molecule has 41 heavy (non-hydrogen) atoms. The fourth-order valence-electron chi connectivity index (χ4n) is 5.43. The quantitative estimate of drug-likeness (QED) is 0.383. The summed E-state index contributed by atoms with van der Waals surface area (Å²) in [6, 6.07) is 11.5. The molecule has 2 saturated heterocycles. The molecule has 2 aliphatic heterocycles. The van der Waals surface area contributed by atoms with Gasteiger partial charge in [0.25, 0.3) is 0 Å². The maximum atomic E-state index is 13.5. The number of nitrogens with one attached hydrogen (secondary N) is 2. The van der Waals surface area contributed by atoms with Gasteiger partial charge in [-0.25, -0.2) is 4.79 Å². The van der Waals surface area contributed by atoms with Gasteiger partial charge < -0.3 is 34.8 Å². The van der Waals surface area contributed by atoms with E-state index in [1.54, 1.807) is 28.0 Å². The monoisotopic (exact) mass is 584 g/mol. The topological polar surface area (TPSA) is 138 Å². The molecule has 0 aliphatic carbocycles. The van der Waals surface area contributed by atoms with Crippen LogP contribution in [0.2, 0.25) is 0 Å². The second kappa shape index (κ2) is 13.8. The molecule has 2 aromatic carbocycles. The minimum absolute atomic E-state index is 0.0418. The standard InChI is InChI=1S/C29H37N4O7P/c1-18-5-3-4-6-22(18)30-29(38)31-23-8-7-20(13-25(23)39-2)14-26(34)33-17-21(40-41)16-24(33)28(37)32-11-9-19(10-12-32)15-27(35)36/h3-8,13,19,21,24H,9-12,14-17,41H2,1-2H3,(H,35,36)(H2,30,31,38)/t21-,24-/m0/s1. The van der Waals surface area contributed by atoms with E-state index in [2.05, 4.69) is 20.1 Å². The molecule has 11 nitrogen and oxygen atoms in total. The number of urea groups is 1. The van der Waals surface area contributed by atoms with Gasteiger partial charge in [-0.2, -0.15) is 0 Å². The number of benzene rings is 2. The first kappa shape index (κ1) is 30.3. The third kappa shape index (κ3) is 7.74. The number of likely N-dealkylation sites (tertiary alicyclic amines) is 2. The van der Waals surface area contributed by atoms with E-state index in [0.717, 1.165) is 5.56 Å². The summed E-state index contributed by atoms with van der Waals surface area (Å²) in [5.74, 6) is -0.711. The van der Waals surface area contributed by atoms with Gasteiger partial charge >= 0.3 is 12.0 Å². The van der Waals surface area contributed by atoms with Crippen LogP contribution >= 0.6 is 9.47 Å². The van der Waals surface area contributed by atoms with Crippen LogP contribution in [0.3, 0.4) is 0 Å². The van der Waals surface area contributed by atoms with Crippen LogP contribution in [0.15, 0.2) is 42.5 Å². The molecule has 2 aliphatic rings. The lowest BCUT2D eigenvalue weighted by atomic mass is 9.93. The molecular weight excluding hydrogens is 547 g/mol. The smallest absolute Gasteiger partial charge is 0.323 e. The Labute approximate surface area is 241 Å². The van der Waals surface area contributed by atoms with Gasteiger partial charge in [-0.15, -0.1) is 0 Å². The van der Waals surface area contributed by atoms with Crippen LogP contribution in [0.4, 0.5) is 16.2 Å². The second-order valence-corrected chi connectivity index (χ2v) is 10.8. The lowest BCUT2D eigenvalue weighted by molar-refractivity contribution is -0.145. The Hall–Kier alpha value is -3.69. The van der Waals surface area contributed by atoms with Crippen molar-refractivity contribution in [2.24, 2.45) is 5.92 Å². The molecule has 1 unspecified atom stereocenters. The molecule has 4 rings (SSSR count). The van der Waals surface area contributed by atoms with E-state index in [1.807, 2.05) is 31.2 Å². The molecular formula is C29H37N4O7P. The van der Waals surface area contributed by atoms with Crippen molar-refractivity contribution in [2.75, 3.05) is 37.4 Å². The minimum atomic E-state index is -0.825. The number of hydrogen-bond donors (Lipinski definition) is 3. The van der Waals surface area contributed by atoms with E-state index in [1.165, 1.54) is 7.11 Å². The van der Waals surface area contributed by atoms with Crippen molar-refractivity contribution in [3.05, 3.63) is 53.6 Å². The summed E-state index contributed by atoms with van der Waals surface area (Å²) in [5, 5.41) is 14.7. The fraction of sp³-hybridized carbons (Fsp3) is 0.448. The van der Waals surface area contributed by atoms with Gasteiger partial charge in [0, 0.05) is 47.6 Å². The number of methoxy groups -OCH3 is 1. The molecule has 3 atom stereocenters. The van der Waals surface area contributed by atoms with Crippen molar-refractivity contribution in [2.45, 2.75) is 51.2 Å². The van der Waals surface area contributed by atoms with Crippen molar-refractivity contribution in [3.63, 3.8) is 0 Å². The third-order valence-corrected chi connectivity index (χ3v) is 8.10. The number of hydrogen-bond acceptors (Lipinski definition) is 6. The number of carboxylic acid groups (broad SMARTS) is 1. The number of carbonyl (C=O) groups excluding carboxylic acids is 3. The molecule has 0 aromatic heterocycles. The highest BCUT2D eigenvalue weighted by atomic mass is 31.0. The highest BCUT2D eigenvalue weighted by Crippen LogP contribution is 2.30. The number of carbonyl (C=O) groups is 4. The molecule has 4 amide bonds. The minimum Gasteiger partial charge on any atom is -0.495 e. The number of nitrogens with zero attached hydrogens (tertiary/aromatic N) is 2. The number of carboxylic acids is 1. The Bertz CT molecular complexity index is 1280. The van der Waals surface area contributed by atoms with E-state index in [4.69, 9.17) is 14.4 Å². The van der Waals surface area contributed by atoms with Gasteiger partial charge in [-0.3, -0.25) is 14.4 Å². The SMILES string of the molecule is COc1cc(CC(=O)N2C[C@@H](OP)C[C@H]2C(=O)N2CCC(CC(=O)O)CC2)ccc1NC(=O)Nc1ccccc1C. The molecule has 0 bridgehead atoms. The number of aryl methyl sites for hydroxylation is 1. The summed E-state index contributed by atoms with van der Waals surface area (Å²) in [6.45, 7) is 3.15. The number of aliphatic carboxylic acids is 1. The predicted molar refractivity (Wildman–Crippen MR) is 157 cm³/mol. The average Bonchev–Trinajstić information content (AvgIpc) is 3.40. The number of para-hydroxylation sites is 1. The first-order valence-electron chi connectivity index (χ1n) is 13.6. The molecule has 0 radical (unpaired) electrons. The summed E-state index contributed by atoms with van der Waals surface area (Å²) in [7, 11) is 3.70. The zero-order valence-electron chi connectivity index (χ0n) is 23.3. The van der Waals surface area contributed by atoms with Gasteiger partial charge in [-0.05, 0) is 55.0 Å². The fourth-order valence-corrected chi connectivity index (χ4v) is 5.63. The van der Waals surface area contributed by atoms with E-state index in [9.17, 15) is 19.2 Å². The molecule has 2 heterocycles. The number of rotatable bonds is 9. The van der Waals surface area contributed by atoms with Gasteiger partial charge in [0.15, 0.2) is 0 Å². The summed E-state index contributed by atoms with van der Waals surface area (Å²) in [6.07, 6.45) is 1.52. The Morgan fingerprint density at radius 3 is 2.41 bits per heavy atom. The Kier molecular flexibility index (Phi) is 10.2. The molecule has 3 N–H and O–H groups in total. The van der Waals surface area contributed by atoms with Gasteiger partial charge in [0.05, 0.1) is 25.3 Å². The normalized spacial score (nSPS) is 19.1. The maximum Gasteiger partial charge on any atom is 0.323 e.